The highest BCUT2D eigenvalue weighted by Crippen LogP contribution is 2.24. The number of ether oxygens (including phenoxy) is 2. The fourth-order valence-electron chi connectivity index (χ4n) is 2.13. The van der Waals surface area contributed by atoms with E-state index in [9.17, 15) is 18.4 Å². The van der Waals surface area contributed by atoms with Crippen LogP contribution in [0.2, 0.25) is 0 Å². The number of hydrogen-bond acceptors (Lipinski definition) is 6. The van der Waals surface area contributed by atoms with E-state index in [4.69, 9.17) is 9.47 Å². The quantitative estimate of drug-likeness (QED) is 0.609. The predicted molar refractivity (Wildman–Crippen MR) is 99.0 cm³/mol. The summed E-state index contributed by atoms with van der Waals surface area (Å²) in [5.74, 6) is -2.01. The van der Waals surface area contributed by atoms with Crippen LogP contribution in [0.25, 0.3) is 11.3 Å². The largest absolute Gasteiger partial charge is 0.482 e. The molecule has 1 N–H and O–H groups in total. The summed E-state index contributed by atoms with van der Waals surface area (Å²) < 4.78 is 35.8. The highest BCUT2D eigenvalue weighted by Gasteiger charge is 2.11. The summed E-state index contributed by atoms with van der Waals surface area (Å²) in [4.78, 5) is 27.7. The zero-order valence-corrected chi connectivity index (χ0v) is 15.2. The SMILES string of the molecule is O=C(COC(=O)COc1cccc(F)c1)Nc1nc(-c2ccc(F)cc2)cs1. The summed E-state index contributed by atoms with van der Waals surface area (Å²) in [5, 5.41) is 4.53. The smallest absolute Gasteiger partial charge is 0.344 e. The Labute approximate surface area is 162 Å². The molecule has 3 rings (SSSR count). The minimum absolute atomic E-state index is 0.178. The summed E-state index contributed by atoms with van der Waals surface area (Å²) in [5.41, 5.74) is 1.29. The van der Waals surface area contributed by atoms with Crippen molar-refractivity contribution < 1.29 is 27.8 Å². The second-order valence-corrected chi connectivity index (χ2v) is 6.36. The third-order valence-electron chi connectivity index (χ3n) is 3.41. The first-order chi connectivity index (χ1) is 13.5. The topological polar surface area (TPSA) is 77.5 Å². The van der Waals surface area contributed by atoms with Crippen molar-refractivity contribution in [3.63, 3.8) is 0 Å². The molecule has 1 amide bonds. The lowest BCUT2D eigenvalue weighted by atomic mass is 10.2. The second kappa shape index (κ2) is 9.05. The lowest BCUT2D eigenvalue weighted by Crippen LogP contribution is -2.23. The summed E-state index contributed by atoms with van der Waals surface area (Å²) in [6.45, 7) is -0.973. The molecular formula is C19H14F2N2O4S. The van der Waals surface area contributed by atoms with Gasteiger partial charge in [0.05, 0.1) is 5.69 Å². The Kier molecular flexibility index (Phi) is 6.28. The molecule has 28 heavy (non-hydrogen) atoms. The molecule has 0 atom stereocenters. The van der Waals surface area contributed by atoms with Crippen LogP contribution in [-0.2, 0) is 14.3 Å². The lowest BCUT2D eigenvalue weighted by molar-refractivity contribution is -0.149. The number of anilines is 1. The van der Waals surface area contributed by atoms with Crippen LogP contribution in [0.3, 0.4) is 0 Å². The van der Waals surface area contributed by atoms with E-state index in [1.807, 2.05) is 0 Å². The van der Waals surface area contributed by atoms with Gasteiger partial charge in [-0.1, -0.05) is 6.07 Å². The molecule has 6 nitrogen and oxygen atoms in total. The number of carbonyl (C=O) groups excluding carboxylic acids is 2. The first-order valence-electron chi connectivity index (χ1n) is 8.05. The van der Waals surface area contributed by atoms with E-state index < -0.39 is 30.9 Å². The number of nitrogens with zero attached hydrogens (tertiary/aromatic N) is 1. The molecule has 0 fully saturated rings. The van der Waals surface area contributed by atoms with Gasteiger partial charge in [0.2, 0.25) is 0 Å². The molecule has 0 bridgehead atoms. The highest BCUT2D eigenvalue weighted by atomic mass is 32.1. The van der Waals surface area contributed by atoms with Crippen molar-refractivity contribution in [1.29, 1.82) is 0 Å². The summed E-state index contributed by atoms with van der Waals surface area (Å²) >= 11 is 1.18. The van der Waals surface area contributed by atoms with E-state index in [0.717, 1.165) is 6.07 Å². The van der Waals surface area contributed by atoms with Crippen molar-refractivity contribution in [1.82, 2.24) is 4.98 Å². The summed E-state index contributed by atoms with van der Waals surface area (Å²) in [6.07, 6.45) is 0. The van der Waals surface area contributed by atoms with Crippen LogP contribution < -0.4 is 10.1 Å². The van der Waals surface area contributed by atoms with Crippen molar-refractivity contribution in [2.45, 2.75) is 0 Å². The molecule has 0 spiro atoms. The van der Waals surface area contributed by atoms with Gasteiger partial charge in [-0.3, -0.25) is 10.1 Å². The zero-order chi connectivity index (χ0) is 19.9. The van der Waals surface area contributed by atoms with Crippen LogP contribution in [-0.4, -0.2) is 30.1 Å². The molecular weight excluding hydrogens is 390 g/mol. The van der Waals surface area contributed by atoms with E-state index in [-0.39, 0.29) is 11.6 Å². The molecule has 1 aromatic heterocycles. The first kappa shape index (κ1) is 19.4. The summed E-state index contributed by atoms with van der Waals surface area (Å²) in [6, 6.07) is 11.1. The first-order valence-corrected chi connectivity index (χ1v) is 8.93. The molecule has 0 aliphatic carbocycles. The minimum Gasteiger partial charge on any atom is -0.482 e. The van der Waals surface area contributed by atoms with Crippen LogP contribution in [0.1, 0.15) is 0 Å². The molecule has 9 heteroatoms. The molecule has 0 saturated heterocycles. The highest BCUT2D eigenvalue weighted by molar-refractivity contribution is 7.14. The van der Waals surface area contributed by atoms with Crippen molar-refractivity contribution in [3.8, 4) is 17.0 Å². The van der Waals surface area contributed by atoms with Crippen molar-refractivity contribution in [2.75, 3.05) is 18.5 Å². The molecule has 0 aliphatic rings. The van der Waals surface area contributed by atoms with Crippen molar-refractivity contribution in [2.24, 2.45) is 0 Å². The predicted octanol–water partition coefficient (Wildman–Crippen LogP) is 3.65. The van der Waals surface area contributed by atoms with Gasteiger partial charge < -0.3 is 9.47 Å². The number of hydrogen-bond donors (Lipinski definition) is 1. The third kappa shape index (κ3) is 5.58. The van der Waals surface area contributed by atoms with E-state index in [0.29, 0.717) is 16.4 Å². The Morgan fingerprint density at radius 2 is 1.82 bits per heavy atom. The number of benzene rings is 2. The number of rotatable bonds is 7. The van der Waals surface area contributed by atoms with Crippen LogP contribution >= 0.6 is 11.3 Å². The molecule has 0 saturated carbocycles. The maximum absolute atomic E-state index is 13.0. The normalized spacial score (nSPS) is 10.4. The van der Waals surface area contributed by atoms with Gasteiger partial charge in [0.15, 0.2) is 18.3 Å². The Morgan fingerprint density at radius 3 is 2.57 bits per heavy atom. The Morgan fingerprint density at radius 1 is 1.04 bits per heavy atom. The fourth-order valence-corrected chi connectivity index (χ4v) is 2.86. The van der Waals surface area contributed by atoms with Crippen molar-refractivity contribution in [3.05, 3.63) is 65.5 Å². The molecule has 0 radical (unpaired) electrons. The molecule has 1 heterocycles. The fraction of sp³-hybridized carbons (Fsp3) is 0.105. The number of thiazole rings is 1. The van der Waals surface area contributed by atoms with Gasteiger partial charge in [0.25, 0.3) is 5.91 Å². The Bertz CT molecular complexity index is 976. The van der Waals surface area contributed by atoms with Crippen LogP contribution in [0, 0.1) is 11.6 Å². The van der Waals surface area contributed by atoms with Crippen LogP contribution in [0.15, 0.2) is 53.9 Å². The van der Waals surface area contributed by atoms with Gasteiger partial charge in [0, 0.05) is 17.0 Å². The number of nitrogens with one attached hydrogen (secondary N) is 1. The molecule has 2 aromatic carbocycles. The van der Waals surface area contributed by atoms with Gasteiger partial charge in [-0.15, -0.1) is 11.3 Å². The van der Waals surface area contributed by atoms with E-state index in [1.165, 1.54) is 41.7 Å². The minimum atomic E-state index is -0.773. The standard InChI is InChI=1S/C19H14F2N2O4S/c20-13-6-4-12(5-7-13)16-11-28-19(22-16)23-17(24)9-27-18(25)10-26-15-3-1-2-14(21)8-15/h1-8,11H,9-10H2,(H,22,23,24). The van der Waals surface area contributed by atoms with E-state index in [2.05, 4.69) is 10.3 Å². The second-order valence-electron chi connectivity index (χ2n) is 5.50. The van der Waals surface area contributed by atoms with Gasteiger partial charge in [-0.2, -0.15) is 0 Å². The van der Waals surface area contributed by atoms with Crippen molar-refractivity contribution >= 4 is 28.3 Å². The van der Waals surface area contributed by atoms with Crippen LogP contribution in [0.5, 0.6) is 5.75 Å². The number of halogens is 2. The Balaban J connectivity index is 1.44. The van der Waals surface area contributed by atoms with E-state index >= 15 is 0 Å². The number of esters is 1. The monoisotopic (exact) mass is 404 g/mol. The lowest BCUT2D eigenvalue weighted by Gasteiger charge is -2.07. The average Bonchev–Trinajstić information content (AvgIpc) is 3.14. The molecule has 3 aromatic rings. The van der Waals surface area contributed by atoms with Gasteiger partial charge in [-0.25, -0.2) is 18.6 Å². The zero-order valence-electron chi connectivity index (χ0n) is 14.4. The van der Waals surface area contributed by atoms with Gasteiger partial charge in [0.1, 0.15) is 17.4 Å². The maximum Gasteiger partial charge on any atom is 0.344 e. The number of carbonyl (C=O) groups is 2. The van der Waals surface area contributed by atoms with Gasteiger partial charge >= 0.3 is 5.97 Å². The maximum atomic E-state index is 13.0. The van der Waals surface area contributed by atoms with Crippen LogP contribution in [0.4, 0.5) is 13.9 Å². The molecule has 144 valence electrons. The summed E-state index contributed by atoms with van der Waals surface area (Å²) in [7, 11) is 0. The molecule has 0 aliphatic heterocycles. The van der Waals surface area contributed by atoms with Gasteiger partial charge in [-0.05, 0) is 36.4 Å². The average molecular weight is 404 g/mol. The third-order valence-corrected chi connectivity index (χ3v) is 4.17. The molecule has 0 unspecified atom stereocenters. The Hall–Kier alpha value is -3.33. The number of amides is 1. The number of aromatic nitrogens is 1. The van der Waals surface area contributed by atoms with E-state index in [1.54, 1.807) is 17.5 Å².